The Morgan fingerprint density at radius 1 is 1.06 bits per heavy atom. The first-order valence-electron chi connectivity index (χ1n) is 10.5. The number of rotatable bonds is 4. The van der Waals surface area contributed by atoms with Crippen molar-refractivity contribution in [2.24, 2.45) is 0 Å². The molecule has 0 aliphatic carbocycles. The molecule has 4 aromatic rings. The maximum Gasteiger partial charge on any atom is 0.174 e. The zero-order valence-corrected chi connectivity index (χ0v) is 19.7. The first-order chi connectivity index (χ1) is 16.0. The number of phenolic OH excluding ortho intramolecular Hbond substituents is 1. The van der Waals surface area contributed by atoms with Crippen molar-refractivity contribution >= 4 is 34.6 Å². The third kappa shape index (κ3) is 3.73. The van der Waals surface area contributed by atoms with E-state index in [-0.39, 0.29) is 17.8 Å². The van der Waals surface area contributed by atoms with E-state index >= 15 is 0 Å². The van der Waals surface area contributed by atoms with E-state index in [0.717, 1.165) is 28.3 Å². The van der Waals surface area contributed by atoms with E-state index in [1.54, 1.807) is 30.6 Å². The first kappa shape index (κ1) is 21.4. The summed E-state index contributed by atoms with van der Waals surface area (Å²) < 4.78 is 2.18. The quantitative estimate of drug-likeness (QED) is 0.384. The van der Waals surface area contributed by atoms with Crippen LogP contribution in [0.2, 0.25) is 5.02 Å². The van der Waals surface area contributed by atoms with Gasteiger partial charge in [-0.1, -0.05) is 17.7 Å². The molecule has 1 aromatic carbocycles. The number of benzene rings is 1. The Morgan fingerprint density at radius 3 is 2.64 bits per heavy atom. The summed E-state index contributed by atoms with van der Waals surface area (Å²) in [6.07, 6.45) is 5.38. The fourth-order valence-corrected chi connectivity index (χ4v) is 5.10. The molecule has 33 heavy (non-hydrogen) atoms. The van der Waals surface area contributed by atoms with Gasteiger partial charge >= 0.3 is 0 Å². The standard InChI is InChI=1S/C25H22ClN5OS/c1-15-12-19(16(2)30(15)18-6-5-10-27-14-18)24-23(20-7-3-4-11-28-20)29-25(33)31(24)21-13-17(26)8-9-22(21)32/h3-14,23-24,32H,1-2H3,(H,29,33)/t23-,24+/m0/s1. The molecule has 6 nitrogen and oxygen atoms in total. The number of nitrogens with zero attached hydrogens (tertiary/aromatic N) is 4. The van der Waals surface area contributed by atoms with Crippen LogP contribution in [0.25, 0.3) is 5.69 Å². The number of halogens is 1. The molecule has 2 atom stereocenters. The van der Waals surface area contributed by atoms with Gasteiger partial charge in [0.05, 0.1) is 35.3 Å². The first-order valence-corrected chi connectivity index (χ1v) is 11.3. The molecule has 8 heteroatoms. The topological polar surface area (TPSA) is 66.2 Å². The minimum absolute atomic E-state index is 0.108. The maximum absolute atomic E-state index is 10.7. The van der Waals surface area contributed by atoms with E-state index in [2.05, 4.69) is 39.8 Å². The van der Waals surface area contributed by atoms with Crippen molar-refractivity contribution in [3.63, 3.8) is 0 Å². The molecule has 3 aromatic heterocycles. The van der Waals surface area contributed by atoms with Crippen LogP contribution in [0.3, 0.4) is 0 Å². The molecule has 0 amide bonds. The molecule has 1 saturated heterocycles. The lowest BCUT2D eigenvalue weighted by molar-refractivity contribution is 0.472. The third-order valence-electron chi connectivity index (χ3n) is 5.99. The number of thiocarbonyl (C=S) groups is 1. The van der Waals surface area contributed by atoms with E-state index in [4.69, 9.17) is 23.8 Å². The number of anilines is 1. The molecule has 1 aliphatic heterocycles. The Hall–Kier alpha value is -3.42. The Morgan fingerprint density at radius 2 is 1.91 bits per heavy atom. The van der Waals surface area contributed by atoms with Gasteiger partial charge in [-0.25, -0.2) is 0 Å². The number of aromatic nitrogens is 3. The van der Waals surface area contributed by atoms with Crippen molar-refractivity contribution in [3.05, 3.63) is 101 Å². The zero-order chi connectivity index (χ0) is 23.1. The van der Waals surface area contributed by atoms with Gasteiger partial charge in [-0.3, -0.25) is 9.97 Å². The van der Waals surface area contributed by atoms with Crippen molar-refractivity contribution in [3.8, 4) is 11.4 Å². The molecular formula is C25H22ClN5OS. The SMILES string of the molecule is Cc1cc([C@@H]2[C@H](c3ccccn3)NC(=S)N2c2cc(Cl)ccc2O)c(C)n1-c1cccnc1. The van der Waals surface area contributed by atoms with Crippen molar-refractivity contribution in [2.45, 2.75) is 25.9 Å². The summed E-state index contributed by atoms with van der Waals surface area (Å²) in [5.74, 6) is 0.108. The van der Waals surface area contributed by atoms with Crippen LogP contribution < -0.4 is 10.2 Å². The van der Waals surface area contributed by atoms with Gasteiger partial charge in [-0.05, 0) is 80.2 Å². The number of hydrogen-bond donors (Lipinski definition) is 2. The van der Waals surface area contributed by atoms with E-state index in [1.165, 1.54) is 0 Å². The number of phenols is 1. The normalized spacial score (nSPS) is 17.9. The summed E-state index contributed by atoms with van der Waals surface area (Å²) in [5, 5.41) is 15.2. The lowest BCUT2D eigenvalue weighted by Gasteiger charge is -2.28. The summed E-state index contributed by atoms with van der Waals surface area (Å²) in [5.41, 5.74) is 5.60. The highest BCUT2D eigenvalue weighted by molar-refractivity contribution is 7.80. The van der Waals surface area contributed by atoms with E-state index in [1.807, 2.05) is 41.4 Å². The van der Waals surface area contributed by atoms with E-state index in [0.29, 0.717) is 15.8 Å². The second kappa shape index (κ2) is 8.50. The predicted molar refractivity (Wildman–Crippen MR) is 134 cm³/mol. The van der Waals surface area contributed by atoms with Gasteiger partial charge < -0.3 is 19.9 Å². The van der Waals surface area contributed by atoms with E-state index in [9.17, 15) is 5.11 Å². The number of hydrogen-bond acceptors (Lipinski definition) is 4. The van der Waals surface area contributed by atoms with E-state index < -0.39 is 0 Å². The van der Waals surface area contributed by atoms with Crippen LogP contribution in [-0.2, 0) is 0 Å². The monoisotopic (exact) mass is 475 g/mol. The van der Waals surface area contributed by atoms with Crippen molar-refractivity contribution < 1.29 is 5.11 Å². The molecule has 2 N–H and O–H groups in total. The van der Waals surface area contributed by atoms with Crippen LogP contribution in [0.5, 0.6) is 5.75 Å². The molecule has 4 heterocycles. The molecule has 1 fully saturated rings. The Kier molecular flexibility index (Phi) is 5.52. The Balaban J connectivity index is 1.71. The Bertz CT molecular complexity index is 1330. The molecule has 0 saturated carbocycles. The number of nitrogens with one attached hydrogen (secondary N) is 1. The minimum Gasteiger partial charge on any atom is -0.506 e. The van der Waals surface area contributed by atoms with Gasteiger partial charge in [0.15, 0.2) is 5.11 Å². The lowest BCUT2D eigenvalue weighted by atomic mass is 9.96. The summed E-state index contributed by atoms with van der Waals surface area (Å²) in [4.78, 5) is 10.8. The van der Waals surface area contributed by atoms with Gasteiger partial charge in [0, 0.05) is 28.8 Å². The highest BCUT2D eigenvalue weighted by atomic mass is 35.5. The summed E-state index contributed by atoms with van der Waals surface area (Å²) in [7, 11) is 0. The van der Waals surface area contributed by atoms with Crippen LogP contribution in [0.4, 0.5) is 5.69 Å². The molecule has 0 unspecified atom stereocenters. The zero-order valence-electron chi connectivity index (χ0n) is 18.1. The molecular weight excluding hydrogens is 454 g/mol. The van der Waals surface area contributed by atoms with Crippen LogP contribution in [0.1, 0.15) is 34.7 Å². The number of aryl methyl sites for hydroxylation is 1. The van der Waals surface area contributed by atoms with Gasteiger partial charge in [0.2, 0.25) is 0 Å². The average Bonchev–Trinajstić information content (AvgIpc) is 3.31. The van der Waals surface area contributed by atoms with Crippen LogP contribution in [0, 0.1) is 13.8 Å². The van der Waals surface area contributed by atoms with Crippen LogP contribution in [0.15, 0.2) is 73.2 Å². The van der Waals surface area contributed by atoms with Crippen molar-refractivity contribution in [1.82, 2.24) is 19.9 Å². The van der Waals surface area contributed by atoms with Crippen molar-refractivity contribution in [1.29, 1.82) is 0 Å². The van der Waals surface area contributed by atoms with Gasteiger partial charge in [0.25, 0.3) is 0 Å². The van der Waals surface area contributed by atoms with Gasteiger partial charge in [-0.15, -0.1) is 0 Å². The molecule has 0 radical (unpaired) electrons. The van der Waals surface area contributed by atoms with Gasteiger partial charge in [-0.2, -0.15) is 0 Å². The fraction of sp³-hybridized carbons (Fsp3) is 0.160. The molecule has 166 valence electrons. The summed E-state index contributed by atoms with van der Waals surface area (Å²) >= 11 is 12.1. The number of pyridine rings is 2. The fourth-order valence-electron chi connectivity index (χ4n) is 4.59. The summed E-state index contributed by atoms with van der Waals surface area (Å²) in [6, 6.07) is 16.5. The second-order valence-electron chi connectivity index (χ2n) is 8.00. The highest BCUT2D eigenvalue weighted by Gasteiger charge is 2.43. The Labute approximate surface area is 202 Å². The molecule has 5 rings (SSSR count). The molecule has 1 aliphatic rings. The third-order valence-corrected chi connectivity index (χ3v) is 6.54. The summed E-state index contributed by atoms with van der Waals surface area (Å²) in [6.45, 7) is 4.16. The van der Waals surface area contributed by atoms with Crippen LogP contribution in [-0.4, -0.2) is 24.8 Å². The molecule has 0 spiro atoms. The molecule has 0 bridgehead atoms. The average molecular weight is 476 g/mol. The highest BCUT2D eigenvalue weighted by Crippen LogP contribution is 2.46. The lowest BCUT2D eigenvalue weighted by Crippen LogP contribution is -2.29. The maximum atomic E-state index is 10.7. The van der Waals surface area contributed by atoms with Crippen molar-refractivity contribution in [2.75, 3.05) is 4.90 Å². The minimum atomic E-state index is -0.256. The van der Waals surface area contributed by atoms with Crippen LogP contribution >= 0.6 is 23.8 Å². The second-order valence-corrected chi connectivity index (χ2v) is 8.83. The largest absolute Gasteiger partial charge is 0.506 e. The predicted octanol–water partition coefficient (Wildman–Crippen LogP) is 5.42. The van der Waals surface area contributed by atoms with Gasteiger partial charge in [0.1, 0.15) is 5.75 Å². The number of aromatic hydroxyl groups is 1. The smallest absolute Gasteiger partial charge is 0.174 e.